The van der Waals surface area contributed by atoms with Crippen LogP contribution in [-0.4, -0.2) is 23.0 Å². The van der Waals surface area contributed by atoms with Crippen LogP contribution in [0, 0.1) is 0 Å². The van der Waals surface area contributed by atoms with Crippen LogP contribution in [0.25, 0.3) is 0 Å². The number of hydrogen-bond acceptors (Lipinski definition) is 3. The summed E-state index contributed by atoms with van der Waals surface area (Å²) in [4.78, 5) is 18.6. The van der Waals surface area contributed by atoms with Crippen LogP contribution < -0.4 is 10.1 Å². The minimum atomic E-state index is -0.0298. The highest BCUT2D eigenvalue weighted by Crippen LogP contribution is 2.16. The number of nitrogens with zero attached hydrogens (tertiary/aromatic N) is 1. The lowest BCUT2D eigenvalue weighted by molar-refractivity contribution is -0.116. The van der Waals surface area contributed by atoms with Crippen molar-refractivity contribution in [2.24, 2.45) is 0 Å². The normalized spacial score (nSPS) is 10.1. The molecule has 1 aromatic heterocycles. The zero-order valence-corrected chi connectivity index (χ0v) is 10.1. The molecule has 2 N–H and O–H groups in total. The first-order chi connectivity index (χ1) is 8.78. The Bertz CT molecular complexity index is 509. The first-order valence-corrected chi connectivity index (χ1v) is 5.69. The van der Waals surface area contributed by atoms with Crippen molar-refractivity contribution in [2.75, 3.05) is 12.4 Å². The molecule has 0 aliphatic carbocycles. The molecule has 0 unspecified atom stereocenters. The Morgan fingerprint density at radius 2 is 2.39 bits per heavy atom. The van der Waals surface area contributed by atoms with E-state index in [0.29, 0.717) is 12.8 Å². The van der Waals surface area contributed by atoms with Crippen LogP contribution in [0.2, 0.25) is 0 Å². The van der Waals surface area contributed by atoms with Crippen LogP contribution in [0.3, 0.4) is 0 Å². The van der Waals surface area contributed by atoms with Gasteiger partial charge in [0.05, 0.1) is 13.4 Å². The van der Waals surface area contributed by atoms with E-state index in [1.165, 1.54) is 0 Å². The van der Waals surface area contributed by atoms with Gasteiger partial charge in [0.2, 0.25) is 5.91 Å². The number of anilines is 1. The van der Waals surface area contributed by atoms with Crippen LogP contribution in [0.1, 0.15) is 12.1 Å². The quantitative estimate of drug-likeness (QED) is 0.846. The fraction of sp³-hybridized carbons (Fsp3) is 0.231. The Labute approximate surface area is 105 Å². The largest absolute Gasteiger partial charge is 0.497 e. The van der Waals surface area contributed by atoms with E-state index in [-0.39, 0.29) is 5.91 Å². The molecule has 0 aliphatic heterocycles. The topological polar surface area (TPSA) is 67.0 Å². The molecule has 0 atom stereocenters. The molecule has 0 spiro atoms. The number of amides is 1. The van der Waals surface area contributed by atoms with Crippen molar-refractivity contribution in [3.63, 3.8) is 0 Å². The third-order valence-corrected chi connectivity index (χ3v) is 2.53. The molecule has 0 saturated heterocycles. The molecule has 0 radical (unpaired) electrons. The fourth-order valence-electron chi connectivity index (χ4n) is 1.59. The van der Waals surface area contributed by atoms with Gasteiger partial charge in [0.1, 0.15) is 5.75 Å². The van der Waals surface area contributed by atoms with E-state index >= 15 is 0 Å². The summed E-state index contributed by atoms with van der Waals surface area (Å²) >= 11 is 0. The van der Waals surface area contributed by atoms with Gasteiger partial charge in [0.15, 0.2) is 0 Å². The zero-order valence-electron chi connectivity index (χ0n) is 10.1. The van der Waals surface area contributed by atoms with E-state index in [0.717, 1.165) is 17.1 Å². The van der Waals surface area contributed by atoms with Gasteiger partial charge in [0, 0.05) is 30.1 Å². The standard InChI is InChI=1S/C13H15N3O2/c1-18-12-4-2-3-10(7-12)16-13(17)6-5-11-8-14-9-15-11/h2-4,7-9H,5-6H2,1H3,(H,14,15)(H,16,17). The summed E-state index contributed by atoms with van der Waals surface area (Å²) in [6, 6.07) is 7.29. The molecule has 5 heteroatoms. The molecule has 5 nitrogen and oxygen atoms in total. The molecule has 1 heterocycles. The van der Waals surface area contributed by atoms with Crippen molar-refractivity contribution >= 4 is 11.6 Å². The minimum Gasteiger partial charge on any atom is -0.497 e. The van der Waals surface area contributed by atoms with Crippen LogP contribution in [0.4, 0.5) is 5.69 Å². The lowest BCUT2D eigenvalue weighted by Crippen LogP contribution is -2.12. The summed E-state index contributed by atoms with van der Waals surface area (Å²) in [6.45, 7) is 0. The average Bonchev–Trinajstić information content (AvgIpc) is 2.90. The Kier molecular flexibility index (Phi) is 3.96. The molecule has 0 bridgehead atoms. The molecule has 18 heavy (non-hydrogen) atoms. The fourth-order valence-corrected chi connectivity index (χ4v) is 1.59. The van der Waals surface area contributed by atoms with E-state index in [9.17, 15) is 4.79 Å². The van der Waals surface area contributed by atoms with Gasteiger partial charge in [-0.2, -0.15) is 0 Å². The van der Waals surface area contributed by atoms with Gasteiger partial charge in [-0.25, -0.2) is 4.98 Å². The summed E-state index contributed by atoms with van der Waals surface area (Å²) in [5, 5.41) is 2.83. The van der Waals surface area contributed by atoms with Crippen molar-refractivity contribution in [1.82, 2.24) is 9.97 Å². The summed E-state index contributed by atoms with van der Waals surface area (Å²) in [5.41, 5.74) is 1.69. The summed E-state index contributed by atoms with van der Waals surface area (Å²) in [6.07, 6.45) is 4.39. The van der Waals surface area contributed by atoms with Crippen molar-refractivity contribution in [2.45, 2.75) is 12.8 Å². The number of methoxy groups -OCH3 is 1. The molecule has 94 valence electrons. The maximum absolute atomic E-state index is 11.7. The first-order valence-electron chi connectivity index (χ1n) is 5.69. The smallest absolute Gasteiger partial charge is 0.224 e. The first kappa shape index (κ1) is 12.2. The molecule has 1 amide bonds. The maximum Gasteiger partial charge on any atom is 0.224 e. The highest BCUT2D eigenvalue weighted by atomic mass is 16.5. The summed E-state index contributed by atoms with van der Waals surface area (Å²) < 4.78 is 5.09. The van der Waals surface area contributed by atoms with Crippen LogP contribution in [0.15, 0.2) is 36.8 Å². The van der Waals surface area contributed by atoms with Gasteiger partial charge in [-0.1, -0.05) is 6.07 Å². The number of H-pyrrole nitrogens is 1. The van der Waals surface area contributed by atoms with Crippen LogP contribution in [-0.2, 0) is 11.2 Å². The number of imidazole rings is 1. The molecular weight excluding hydrogens is 230 g/mol. The summed E-state index contributed by atoms with van der Waals surface area (Å²) in [5.74, 6) is 0.694. The van der Waals surface area contributed by atoms with Gasteiger partial charge >= 0.3 is 0 Å². The number of ether oxygens (including phenoxy) is 1. The van der Waals surface area contributed by atoms with E-state index < -0.39 is 0 Å². The molecule has 0 fully saturated rings. The number of rotatable bonds is 5. The van der Waals surface area contributed by atoms with E-state index in [4.69, 9.17) is 4.74 Å². The lowest BCUT2D eigenvalue weighted by atomic mass is 10.2. The third-order valence-electron chi connectivity index (χ3n) is 2.53. The van der Waals surface area contributed by atoms with Crippen molar-refractivity contribution in [3.05, 3.63) is 42.5 Å². The van der Waals surface area contributed by atoms with Gasteiger partial charge in [-0.15, -0.1) is 0 Å². The Balaban J connectivity index is 1.86. The molecule has 2 aromatic rings. The monoisotopic (exact) mass is 245 g/mol. The number of aromatic amines is 1. The van der Waals surface area contributed by atoms with Crippen molar-refractivity contribution in [1.29, 1.82) is 0 Å². The van der Waals surface area contributed by atoms with Gasteiger partial charge in [-0.3, -0.25) is 4.79 Å². The number of carbonyl (C=O) groups excluding carboxylic acids is 1. The van der Waals surface area contributed by atoms with Crippen molar-refractivity contribution in [3.8, 4) is 5.75 Å². The molecule has 1 aromatic carbocycles. The highest BCUT2D eigenvalue weighted by molar-refractivity contribution is 5.90. The van der Waals surface area contributed by atoms with Gasteiger partial charge < -0.3 is 15.0 Å². The second-order valence-electron chi connectivity index (χ2n) is 3.86. The lowest BCUT2D eigenvalue weighted by Gasteiger charge is -2.06. The van der Waals surface area contributed by atoms with E-state index in [1.54, 1.807) is 25.7 Å². The van der Waals surface area contributed by atoms with Crippen LogP contribution >= 0.6 is 0 Å². The third kappa shape index (κ3) is 3.35. The number of hydrogen-bond donors (Lipinski definition) is 2. The second-order valence-corrected chi connectivity index (χ2v) is 3.86. The average molecular weight is 245 g/mol. The summed E-state index contributed by atoms with van der Waals surface area (Å²) in [7, 11) is 1.60. The number of aryl methyl sites for hydroxylation is 1. The molecule has 0 aliphatic rings. The number of benzene rings is 1. The minimum absolute atomic E-state index is 0.0298. The van der Waals surface area contributed by atoms with Crippen LogP contribution in [0.5, 0.6) is 5.75 Å². The molecule has 0 saturated carbocycles. The predicted octanol–water partition coefficient (Wildman–Crippen LogP) is 1.99. The van der Waals surface area contributed by atoms with Gasteiger partial charge in [-0.05, 0) is 18.6 Å². The SMILES string of the molecule is COc1cccc(NC(=O)CCc2cnc[nH]2)c1. The Morgan fingerprint density at radius 1 is 1.50 bits per heavy atom. The van der Waals surface area contributed by atoms with Gasteiger partial charge in [0.25, 0.3) is 0 Å². The Hall–Kier alpha value is -2.30. The highest BCUT2D eigenvalue weighted by Gasteiger charge is 2.04. The zero-order chi connectivity index (χ0) is 12.8. The van der Waals surface area contributed by atoms with E-state index in [1.807, 2.05) is 18.2 Å². The maximum atomic E-state index is 11.7. The van der Waals surface area contributed by atoms with Crippen molar-refractivity contribution < 1.29 is 9.53 Å². The Morgan fingerprint density at radius 3 is 3.11 bits per heavy atom. The number of nitrogens with one attached hydrogen (secondary N) is 2. The number of aromatic nitrogens is 2. The second kappa shape index (κ2) is 5.86. The predicted molar refractivity (Wildman–Crippen MR) is 68.5 cm³/mol. The molecular formula is C13H15N3O2. The van der Waals surface area contributed by atoms with E-state index in [2.05, 4.69) is 15.3 Å². The molecule has 2 rings (SSSR count). The number of carbonyl (C=O) groups is 1.